The summed E-state index contributed by atoms with van der Waals surface area (Å²) in [5.74, 6) is 2.39. The van der Waals surface area contributed by atoms with E-state index in [9.17, 15) is 4.79 Å². The molecule has 0 aromatic carbocycles. The molecule has 1 aliphatic heterocycles. The highest BCUT2D eigenvalue weighted by Crippen LogP contribution is 2.38. The van der Waals surface area contributed by atoms with Gasteiger partial charge < -0.3 is 10.6 Å². The van der Waals surface area contributed by atoms with Gasteiger partial charge in [-0.2, -0.15) is 5.10 Å². The summed E-state index contributed by atoms with van der Waals surface area (Å²) in [4.78, 5) is 30.7. The second-order valence-electron chi connectivity index (χ2n) is 9.94. The van der Waals surface area contributed by atoms with Crippen LogP contribution in [0.2, 0.25) is 0 Å². The van der Waals surface area contributed by atoms with Crippen molar-refractivity contribution in [2.45, 2.75) is 57.8 Å². The summed E-state index contributed by atoms with van der Waals surface area (Å²) in [6.45, 7) is 4.39. The molecule has 2 fully saturated rings. The lowest BCUT2D eigenvalue weighted by Crippen LogP contribution is -2.36. The van der Waals surface area contributed by atoms with Crippen molar-refractivity contribution >= 4 is 11.7 Å². The van der Waals surface area contributed by atoms with Crippen molar-refractivity contribution in [3.05, 3.63) is 77.6 Å². The van der Waals surface area contributed by atoms with E-state index in [-0.39, 0.29) is 12.1 Å². The number of hydrogen-bond donors (Lipinski definition) is 4. The first-order chi connectivity index (χ1) is 18.5. The number of hydrazine groups is 1. The number of pyridine rings is 2. The number of rotatable bonds is 8. The molecule has 2 unspecified atom stereocenters. The molecule has 4 N–H and O–H groups in total. The SMILES string of the molecule is Cc1cc(NC2CC(C)NN2)nc(-c2ccc(C(=O)NCc3ccc(-n4ccc(C5CC5)n4)nc3)nc2)n1. The van der Waals surface area contributed by atoms with Crippen LogP contribution < -0.4 is 21.5 Å². The number of carbonyl (C=O) groups is 1. The standard InChI is InChI=1S/C27H30N10O/c1-16-11-23(32-24-12-17(2)34-35-24)33-26(31-16)20-6-7-22(28-15-20)27(38)30-14-18-3-8-25(29-13-18)37-10-9-21(36-37)19-4-5-19/h3,6-11,13,15,17,19,24,34-35H,4-5,12,14H2,1-2H3,(H,30,38)(H,31,32,33). The highest BCUT2D eigenvalue weighted by molar-refractivity contribution is 5.92. The number of aromatic nitrogens is 6. The molecular formula is C27H30N10O. The zero-order chi connectivity index (χ0) is 26.1. The summed E-state index contributed by atoms with van der Waals surface area (Å²) in [5, 5.41) is 10.9. The molecule has 1 saturated heterocycles. The smallest absolute Gasteiger partial charge is 0.270 e. The lowest BCUT2D eigenvalue weighted by Gasteiger charge is -2.14. The van der Waals surface area contributed by atoms with Crippen molar-refractivity contribution in [2.24, 2.45) is 0 Å². The van der Waals surface area contributed by atoms with Gasteiger partial charge in [-0.1, -0.05) is 6.07 Å². The Morgan fingerprint density at radius 1 is 1.08 bits per heavy atom. The Bertz CT molecular complexity index is 1430. The first-order valence-electron chi connectivity index (χ1n) is 12.9. The summed E-state index contributed by atoms with van der Waals surface area (Å²) >= 11 is 0. The van der Waals surface area contributed by atoms with Crippen LogP contribution in [0.4, 0.5) is 5.82 Å². The van der Waals surface area contributed by atoms with E-state index >= 15 is 0 Å². The van der Waals surface area contributed by atoms with E-state index in [1.54, 1.807) is 23.1 Å². The molecule has 0 radical (unpaired) electrons. The minimum absolute atomic E-state index is 0.0912. The molecule has 6 rings (SSSR count). The summed E-state index contributed by atoms with van der Waals surface area (Å²) in [6, 6.07) is 11.7. The minimum atomic E-state index is -0.261. The molecule has 4 aromatic rings. The second-order valence-corrected chi connectivity index (χ2v) is 9.94. The fourth-order valence-electron chi connectivity index (χ4n) is 4.41. The van der Waals surface area contributed by atoms with Gasteiger partial charge in [-0.25, -0.2) is 25.1 Å². The molecule has 11 nitrogen and oxygen atoms in total. The van der Waals surface area contributed by atoms with Gasteiger partial charge in [0.1, 0.15) is 11.5 Å². The lowest BCUT2D eigenvalue weighted by atomic mass is 10.2. The maximum absolute atomic E-state index is 12.7. The molecule has 0 spiro atoms. The highest BCUT2D eigenvalue weighted by Gasteiger charge is 2.26. The van der Waals surface area contributed by atoms with Crippen molar-refractivity contribution < 1.29 is 4.79 Å². The van der Waals surface area contributed by atoms with E-state index in [1.807, 2.05) is 37.4 Å². The maximum atomic E-state index is 12.7. The predicted octanol–water partition coefficient (Wildman–Crippen LogP) is 2.86. The van der Waals surface area contributed by atoms with E-state index in [0.29, 0.717) is 30.0 Å². The third kappa shape index (κ3) is 5.53. The van der Waals surface area contributed by atoms with Crippen LogP contribution in [0.3, 0.4) is 0 Å². The van der Waals surface area contributed by atoms with E-state index < -0.39 is 0 Å². The minimum Gasteiger partial charge on any atom is -0.353 e. The van der Waals surface area contributed by atoms with Gasteiger partial charge >= 0.3 is 0 Å². The Labute approximate surface area is 220 Å². The number of carbonyl (C=O) groups excluding carboxylic acids is 1. The number of anilines is 1. The number of amides is 1. The van der Waals surface area contributed by atoms with Gasteiger partial charge in [-0.05, 0) is 62.9 Å². The van der Waals surface area contributed by atoms with Crippen LogP contribution >= 0.6 is 0 Å². The van der Waals surface area contributed by atoms with Crippen LogP contribution in [0.15, 0.2) is 55.0 Å². The van der Waals surface area contributed by atoms with Crippen molar-refractivity contribution in [3.63, 3.8) is 0 Å². The van der Waals surface area contributed by atoms with Gasteiger partial charge in [0.05, 0.1) is 11.9 Å². The van der Waals surface area contributed by atoms with E-state index in [0.717, 1.165) is 40.6 Å². The Kier molecular flexibility index (Phi) is 6.52. The van der Waals surface area contributed by atoms with Crippen LogP contribution in [0.5, 0.6) is 0 Å². The van der Waals surface area contributed by atoms with E-state index in [4.69, 9.17) is 0 Å². The third-order valence-corrected chi connectivity index (χ3v) is 6.63. The molecule has 194 valence electrons. The molecular weight excluding hydrogens is 480 g/mol. The normalized spacial score (nSPS) is 18.9. The highest BCUT2D eigenvalue weighted by atomic mass is 16.1. The predicted molar refractivity (Wildman–Crippen MR) is 142 cm³/mol. The van der Waals surface area contributed by atoms with Crippen molar-refractivity contribution in [1.82, 2.24) is 45.9 Å². The average Bonchev–Trinajstić information content (AvgIpc) is 3.52. The average molecular weight is 511 g/mol. The number of nitrogens with zero attached hydrogens (tertiary/aromatic N) is 6. The first kappa shape index (κ1) is 24.1. The Morgan fingerprint density at radius 3 is 2.68 bits per heavy atom. The fourth-order valence-corrected chi connectivity index (χ4v) is 4.41. The quantitative estimate of drug-likeness (QED) is 0.282. The van der Waals surface area contributed by atoms with Gasteiger partial charge in [-0.15, -0.1) is 0 Å². The van der Waals surface area contributed by atoms with Crippen LogP contribution in [-0.4, -0.2) is 47.8 Å². The molecule has 11 heteroatoms. The van der Waals surface area contributed by atoms with Crippen LogP contribution in [0, 0.1) is 6.92 Å². The fraction of sp³-hybridized carbons (Fsp3) is 0.333. The molecule has 2 aliphatic rings. The zero-order valence-electron chi connectivity index (χ0n) is 21.3. The Morgan fingerprint density at radius 2 is 1.97 bits per heavy atom. The van der Waals surface area contributed by atoms with Crippen LogP contribution in [0.25, 0.3) is 17.2 Å². The van der Waals surface area contributed by atoms with Crippen LogP contribution in [-0.2, 0) is 6.54 Å². The zero-order valence-corrected chi connectivity index (χ0v) is 21.3. The summed E-state index contributed by atoms with van der Waals surface area (Å²) in [6.07, 6.45) is 8.79. The molecule has 38 heavy (non-hydrogen) atoms. The number of aryl methyl sites for hydroxylation is 1. The van der Waals surface area contributed by atoms with Crippen molar-refractivity contribution in [2.75, 3.05) is 5.32 Å². The lowest BCUT2D eigenvalue weighted by molar-refractivity contribution is 0.0946. The van der Waals surface area contributed by atoms with Gasteiger partial charge in [0, 0.05) is 54.4 Å². The van der Waals surface area contributed by atoms with Crippen LogP contribution in [0.1, 0.15) is 59.5 Å². The third-order valence-electron chi connectivity index (χ3n) is 6.63. The molecule has 1 amide bonds. The number of hydrogen-bond acceptors (Lipinski definition) is 9. The topological polar surface area (TPSA) is 135 Å². The first-order valence-corrected chi connectivity index (χ1v) is 12.9. The largest absolute Gasteiger partial charge is 0.353 e. The molecule has 1 saturated carbocycles. The number of nitrogens with one attached hydrogen (secondary N) is 4. The summed E-state index contributed by atoms with van der Waals surface area (Å²) in [7, 11) is 0. The van der Waals surface area contributed by atoms with Gasteiger partial charge in [0.15, 0.2) is 11.6 Å². The van der Waals surface area contributed by atoms with Crippen molar-refractivity contribution in [1.29, 1.82) is 0 Å². The van der Waals surface area contributed by atoms with Gasteiger partial charge in [-0.3, -0.25) is 15.2 Å². The summed E-state index contributed by atoms with van der Waals surface area (Å²) in [5.41, 5.74) is 10.3. The molecule has 0 bridgehead atoms. The van der Waals surface area contributed by atoms with E-state index in [2.05, 4.69) is 59.5 Å². The monoisotopic (exact) mass is 510 g/mol. The molecule has 4 aromatic heterocycles. The Balaban J connectivity index is 1.06. The maximum Gasteiger partial charge on any atom is 0.270 e. The summed E-state index contributed by atoms with van der Waals surface area (Å²) < 4.78 is 1.79. The molecule has 5 heterocycles. The molecule has 1 aliphatic carbocycles. The second kappa shape index (κ2) is 10.3. The van der Waals surface area contributed by atoms with E-state index in [1.165, 1.54) is 12.8 Å². The molecule has 2 atom stereocenters. The van der Waals surface area contributed by atoms with Gasteiger partial charge in [0.25, 0.3) is 5.91 Å². The Hall–Kier alpha value is -4.22. The van der Waals surface area contributed by atoms with Gasteiger partial charge in [0.2, 0.25) is 0 Å². The van der Waals surface area contributed by atoms with Crippen molar-refractivity contribution in [3.8, 4) is 17.2 Å².